The Labute approximate surface area is 325 Å². The van der Waals surface area contributed by atoms with Crippen LogP contribution in [0.5, 0.6) is 11.5 Å². The van der Waals surface area contributed by atoms with E-state index in [-0.39, 0.29) is 29.4 Å². The van der Waals surface area contributed by atoms with Gasteiger partial charge in [-0.05, 0) is 83.9 Å². The van der Waals surface area contributed by atoms with Crippen LogP contribution in [0.15, 0.2) is 36.5 Å². The molecule has 2 aromatic carbocycles. The minimum Gasteiger partial charge on any atom is -0.492 e. The van der Waals surface area contributed by atoms with Gasteiger partial charge in [-0.2, -0.15) is 5.26 Å². The Hall–Kier alpha value is -4.11. The molecule has 2 atom stereocenters. The molecule has 5 rings (SSSR count). The molecule has 2 aliphatic rings. The fraction of sp³-hybridized carbons (Fsp3) is 0.571. The van der Waals surface area contributed by atoms with Gasteiger partial charge in [-0.15, -0.1) is 0 Å². The van der Waals surface area contributed by atoms with E-state index >= 15 is 0 Å². The maximum Gasteiger partial charge on any atom is 0.310 e. The molecule has 0 bridgehead atoms. The van der Waals surface area contributed by atoms with Gasteiger partial charge in [0, 0.05) is 41.3 Å². The SMILES string of the molecule is CCOc1cc2ncc(C#N)c(Nc3ccc(OCC4CCC(C(=O)OC)C5(CCCCCCCCCC5)N4)c(Cl)c3)c2cc1NC(=O)CCCN(C)C. The van der Waals surface area contributed by atoms with E-state index in [1.165, 1.54) is 51.8 Å². The summed E-state index contributed by atoms with van der Waals surface area (Å²) in [5.74, 6) is 0.661. The molecule has 292 valence electrons. The van der Waals surface area contributed by atoms with Crippen LogP contribution in [0.3, 0.4) is 0 Å². The molecule has 2 heterocycles. The van der Waals surface area contributed by atoms with Crippen LogP contribution in [-0.2, 0) is 14.3 Å². The summed E-state index contributed by atoms with van der Waals surface area (Å²) >= 11 is 6.83. The summed E-state index contributed by atoms with van der Waals surface area (Å²) in [7, 11) is 5.45. The Morgan fingerprint density at radius 1 is 1.02 bits per heavy atom. The van der Waals surface area contributed by atoms with Crippen molar-refractivity contribution in [1.29, 1.82) is 5.26 Å². The summed E-state index contributed by atoms with van der Waals surface area (Å²) < 4.78 is 17.5. The van der Waals surface area contributed by atoms with Crippen molar-refractivity contribution < 1.29 is 23.8 Å². The summed E-state index contributed by atoms with van der Waals surface area (Å²) in [5.41, 5.74) is 2.35. The van der Waals surface area contributed by atoms with Crippen LogP contribution in [0.2, 0.25) is 5.02 Å². The highest BCUT2D eigenvalue weighted by Crippen LogP contribution is 2.40. The number of piperidine rings is 1. The summed E-state index contributed by atoms with van der Waals surface area (Å²) in [6, 6.07) is 11.4. The van der Waals surface area contributed by atoms with E-state index in [1.807, 2.05) is 38.1 Å². The lowest BCUT2D eigenvalue weighted by molar-refractivity contribution is -0.151. The molecule has 1 saturated heterocycles. The van der Waals surface area contributed by atoms with Gasteiger partial charge < -0.3 is 35.1 Å². The number of carbonyl (C=O) groups is 2. The molecule has 2 fully saturated rings. The fourth-order valence-electron chi connectivity index (χ4n) is 8.00. The Morgan fingerprint density at radius 3 is 2.39 bits per heavy atom. The van der Waals surface area contributed by atoms with Crippen LogP contribution in [0, 0.1) is 17.2 Å². The van der Waals surface area contributed by atoms with Crippen molar-refractivity contribution in [3.8, 4) is 17.6 Å². The van der Waals surface area contributed by atoms with Crippen LogP contribution < -0.4 is 25.4 Å². The Balaban J connectivity index is 1.32. The molecule has 0 radical (unpaired) electrons. The van der Waals surface area contributed by atoms with Crippen LogP contribution in [0.25, 0.3) is 10.9 Å². The molecule has 54 heavy (non-hydrogen) atoms. The second-order valence-corrected chi connectivity index (χ2v) is 15.4. The summed E-state index contributed by atoms with van der Waals surface area (Å²) in [4.78, 5) is 32.5. The third kappa shape index (κ3) is 10.8. The van der Waals surface area contributed by atoms with Gasteiger partial charge in [0.15, 0.2) is 0 Å². The largest absolute Gasteiger partial charge is 0.492 e. The number of fused-ring (bicyclic) bond motifs is 1. The Bertz CT molecular complexity index is 1770. The van der Waals surface area contributed by atoms with Crippen molar-refractivity contribution in [2.24, 2.45) is 5.92 Å². The van der Waals surface area contributed by atoms with E-state index < -0.39 is 0 Å². The molecule has 12 heteroatoms. The minimum atomic E-state index is -0.300. The van der Waals surface area contributed by atoms with Gasteiger partial charge in [-0.3, -0.25) is 14.6 Å². The topological polar surface area (TPSA) is 138 Å². The average Bonchev–Trinajstić information content (AvgIpc) is 3.20. The van der Waals surface area contributed by atoms with Gasteiger partial charge in [0.1, 0.15) is 24.2 Å². The van der Waals surface area contributed by atoms with Gasteiger partial charge in [0.05, 0.1) is 47.1 Å². The monoisotopic (exact) mass is 760 g/mol. The normalized spacial score (nSPS) is 19.1. The standard InChI is InChI=1S/C42H57ClN6O5/c1-5-53-38-25-35-32(24-36(38)47-39(50)15-14-22-49(2)3)40(29(26-44)27-45-35)46-30-17-19-37(34(43)23-30)54-28-31-16-18-33(41(51)52-4)42(48-31)20-12-10-8-6-7-9-11-13-21-42/h17,19,23-25,27,31,33,48H,5-16,18,20-22,28H2,1-4H3,(H,45,46)(H,47,50). The smallest absolute Gasteiger partial charge is 0.310 e. The van der Waals surface area contributed by atoms with Gasteiger partial charge in [-0.1, -0.05) is 63.0 Å². The van der Waals surface area contributed by atoms with Crippen LogP contribution in [0.4, 0.5) is 17.1 Å². The number of pyridine rings is 1. The van der Waals surface area contributed by atoms with E-state index in [2.05, 4.69) is 27.0 Å². The van der Waals surface area contributed by atoms with E-state index in [4.69, 9.17) is 25.8 Å². The molecule has 1 spiro atoms. The molecular formula is C42H57ClN6O5. The predicted molar refractivity (Wildman–Crippen MR) is 215 cm³/mol. The van der Waals surface area contributed by atoms with Crippen molar-refractivity contribution in [3.63, 3.8) is 0 Å². The Kier molecular flexibility index (Phi) is 15.2. The summed E-state index contributed by atoms with van der Waals surface area (Å²) in [5, 5.41) is 21.4. The number of amides is 1. The van der Waals surface area contributed by atoms with Crippen molar-refractivity contribution in [2.75, 3.05) is 51.6 Å². The third-order valence-electron chi connectivity index (χ3n) is 10.8. The number of hydrogen-bond acceptors (Lipinski definition) is 10. The number of nitrogens with one attached hydrogen (secondary N) is 3. The minimum absolute atomic E-state index is 0.0653. The van der Waals surface area contributed by atoms with Crippen molar-refractivity contribution in [3.05, 3.63) is 47.1 Å². The van der Waals surface area contributed by atoms with Crippen LogP contribution >= 0.6 is 11.6 Å². The average molecular weight is 761 g/mol. The first kappa shape index (κ1) is 41.1. The van der Waals surface area contributed by atoms with Gasteiger partial charge in [0.25, 0.3) is 0 Å². The highest BCUT2D eigenvalue weighted by atomic mass is 35.5. The first-order chi connectivity index (χ1) is 26.2. The van der Waals surface area contributed by atoms with E-state index in [1.54, 1.807) is 18.2 Å². The lowest BCUT2D eigenvalue weighted by Gasteiger charge is -2.47. The van der Waals surface area contributed by atoms with Crippen molar-refractivity contribution in [2.45, 2.75) is 108 Å². The number of methoxy groups -OCH3 is 1. The van der Waals surface area contributed by atoms with Crippen LogP contribution in [-0.4, -0.2) is 74.3 Å². The number of esters is 1. The van der Waals surface area contributed by atoms with Crippen molar-refractivity contribution in [1.82, 2.24) is 15.2 Å². The zero-order chi connectivity index (χ0) is 38.5. The number of anilines is 3. The first-order valence-electron chi connectivity index (χ1n) is 19.7. The number of halogens is 1. The number of nitrogens with zero attached hydrogens (tertiary/aromatic N) is 3. The quantitative estimate of drug-likeness (QED) is 0.145. The number of benzene rings is 2. The van der Waals surface area contributed by atoms with Gasteiger partial charge >= 0.3 is 5.97 Å². The summed E-state index contributed by atoms with van der Waals surface area (Å²) in [6.07, 6.45) is 15.7. The lowest BCUT2D eigenvalue weighted by Crippen LogP contribution is -2.62. The maximum absolute atomic E-state index is 13.1. The molecule has 1 aliphatic carbocycles. The van der Waals surface area contributed by atoms with E-state index in [0.717, 1.165) is 51.5 Å². The third-order valence-corrected chi connectivity index (χ3v) is 11.1. The number of hydrogen-bond donors (Lipinski definition) is 3. The molecule has 3 N–H and O–H groups in total. The van der Waals surface area contributed by atoms with Crippen LogP contribution in [0.1, 0.15) is 102 Å². The highest BCUT2D eigenvalue weighted by Gasteiger charge is 2.47. The maximum atomic E-state index is 13.1. The number of rotatable bonds is 13. The highest BCUT2D eigenvalue weighted by molar-refractivity contribution is 6.32. The second-order valence-electron chi connectivity index (χ2n) is 15.0. The molecule has 1 aromatic heterocycles. The number of carbonyl (C=O) groups excluding carboxylic acids is 2. The molecule has 3 aromatic rings. The molecular weight excluding hydrogens is 704 g/mol. The van der Waals surface area contributed by atoms with E-state index in [9.17, 15) is 14.9 Å². The summed E-state index contributed by atoms with van der Waals surface area (Å²) in [6.45, 7) is 3.51. The van der Waals surface area contributed by atoms with Crippen molar-refractivity contribution >= 4 is 51.4 Å². The molecule has 1 saturated carbocycles. The fourth-order valence-corrected chi connectivity index (χ4v) is 8.24. The first-order valence-corrected chi connectivity index (χ1v) is 20.0. The second kappa shape index (κ2) is 20.0. The zero-order valence-electron chi connectivity index (χ0n) is 32.4. The zero-order valence-corrected chi connectivity index (χ0v) is 33.2. The Morgan fingerprint density at radius 2 is 1.74 bits per heavy atom. The molecule has 1 aliphatic heterocycles. The lowest BCUT2D eigenvalue weighted by atomic mass is 9.70. The number of nitriles is 1. The van der Waals surface area contributed by atoms with Gasteiger partial charge in [-0.25, -0.2) is 0 Å². The number of ether oxygens (including phenoxy) is 3. The molecule has 11 nitrogen and oxygen atoms in total. The van der Waals surface area contributed by atoms with Gasteiger partial charge in [0.2, 0.25) is 5.91 Å². The molecule has 1 amide bonds. The predicted octanol–water partition coefficient (Wildman–Crippen LogP) is 8.76. The van der Waals surface area contributed by atoms with E-state index in [0.29, 0.717) is 69.7 Å². The number of aromatic nitrogens is 1. The molecule has 2 unspecified atom stereocenters.